The van der Waals surface area contributed by atoms with Gasteiger partial charge >= 0.3 is 0 Å². The van der Waals surface area contributed by atoms with Crippen molar-refractivity contribution in [2.75, 3.05) is 20.2 Å². The molecule has 0 spiro atoms. The van der Waals surface area contributed by atoms with Crippen LogP contribution in [0.4, 0.5) is 0 Å². The lowest BCUT2D eigenvalue weighted by atomic mass is 9.80. The number of methoxy groups -OCH3 is 1. The predicted octanol–water partition coefficient (Wildman–Crippen LogP) is 1.52. The molecule has 2 unspecified atom stereocenters. The van der Waals surface area contributed by atoms with Crippen molar-refractivity contribution in [1.29, 1.82) is 0 Å². The second-order valence-electron chi connectivity index (χ2n) is 5.77. The third-order valence-corrected chi connectivity index (χ3v) is 4.63. The Bertz CT molecular complexity index is 224. The normalized spacial score (nSPS) is 43.3. The topological polar surface area (TPSA) is 47.3 Å². The van der Waals surface area contributed by atoms with Gasteiger partial charge in [-0.2, -0.15) is 0 Å². The maximum absolute atomic E-state index is 5.96. The van der Waals surface area contributed by atoms with Crippen molar-refractivity contribution in [3.8, 4) is 0 Å². The number of nitrogens with two attached hydrogens (primary N) is 1. The van der Waals surface area contributed by atoms with Gasteiger partial charge in [0.25, 0.3) is 0 Å². The zero-order chi connectivity index (χ0) is 11.6. The lowest BCUT2D eigenvalue weighted by molar-refractivity contribution is 0.0429. The molecule has 0 radical (unpaired) electrons. The maximum atomic E-state index is 5.96. The van der Waals surface area contributed by atoms with Crippen molar-refractivity contribution >= 4 is 0 Å². The number of rotatable bonds is 5. The van der Waals surface area contributed by atoms with Gasteiger partial charge in [-0.1, -0.05) is 6.92 Å². The summed E-state index contributed by atoms with van der Waals surface area (Å²) < 4.78 is 5.42. The fraction of sp³-hybridized carbons (Fsp3) is 1.00. The lowest BCUT2D eigenvalue weighted by Gasteiger charge is -2.40. The van der Waals surface area contributed by atoms with E-state index in [9.17, 15) is 0 Å². The van der Waals surface area contributed by atoms with Gasteiger partial charge in [0.2, 0.25) is 0 Å². The molecule has 2 aliphatic rings. The Morgan fingerprint density at radius 3 is 2.44 bits per heavy atom. The number of hydrogen-bond donors (Lipinski definition) is 2. The van der Waals surface area contributed by atoms with Gasteiger partial charge in [-0.05, 0) is 50.5 Å². The molecule has 3 nitrogen and oxygen atoms in total. The Kier molecular flexibility index (Phi) is 3.88. The van der Waals surface area contributed by atoms with Crippen molar-refractivity contribution in [2.24, 2.45) is 17.6 Å². The second kappa shape index (κ2) is 5.03. The third kappa shape index (κ3) is 2.76. The van der Waals surface area contributed by atoms with Crippen molar-refractivity contribution < 1.29 is 4.74 Å². The van der Waals surface area contributed by atoms with Gasteiger partial charge in [0, 0.05) is 19.2 Å². The number of ether oxygens (including phenoxy) is 1. The molecule has 2 rings (SSSR count). The lowest BCUT2D eigenvalue weighted by Crippen LogP contribution is -2.54. The van der Waals surface area contributed by atoms with Crippen LogP contribution in [0.2, 0.25) is 0 Å². The van der Waals surface area contributed by atoms with E-state index in [0.717, 1.165) is 37.8 Å². The van der Waals surface area contributed by atoms with Gasteiger partial charge in [0.15, 0.2) is 0 Å². The molecule has 0 saturated heterocycles. The summed E-state index contributed by atoms with van der Waals surface area (Å²) in [6.45, 7) is 4.27. The van der Waals surface area contributed by atoms with E-state index in [-0.39, 0.29) is 5.54 Å². The summed E-state index contributed by atoms with van der Waals surface area (Å²) in [5.41, 5.74) is 6.17. The molecule has 0 aromatic rings. The summed E-state index contributed by atoms with van der Waals surface area (Å²) in [5, 5.41) is 3.74. The van der Waals surface area contributed by atoms with Crippen LogP contribution in [0.3, 0.4) is 0 Å². The molecule has 0 bridgehead atoms. The molecule has 94 valence electrons. The molecule has 0 aromatic heterocycles. The van der Waals surface area contributed by atoms with Crippen LogP contribution in [0.5, 0.6) is 0 Å². The summed E-state index contributed by atoms with van der Waals surface area (Å²) in [7, 11) is 1.82. The molecule has 0 heterocycles. The summed E-state index contributed by atoms with van der Waals surface area (Å²) >= 11 is 0. The molecular formula is C13H26N2O. The highest BCUT2D eigenvalue weighted by Gasteiger charge is 2.38. The van der Waals surface area contributed by atoms with E-state index in [2.05, 4.69) is 12.2 Å². The van der Waals surface area contributed by atoms with Gasteiger partial charge in [0.05, 0.1) is 6.10 Å². The molecule has 3 heteroatoms. The van der Waals surface area contributed by atoms with Crippen molar-refractivity contribution in [3.63, 3.8) is 0 Å². The van der Waals surface area contributed by atoms with E-state index in [1.165, 1.54) is 19.3 Å². The molecule has 0 aliphatic heterocycles. The Morgan fingerprint density at radius 2 is 2.00 bits per heavy atom. The van der Waals surface area contributed by atoms with Gasteiger partial charge in [-0.25, -0.2) is 0 Å². The Hall–Kier alpha value is -0.120. The summed E-state index contributed by atoms with van der Waals surface area (Å²) in [6, 6.07) is 0. The van der Waals surface area contributed by atoms with E-state index in [1.54, 1.807) is 0 Å². The van der Waals surface area contributed by atoms with Gasteiger partial charge in [0.1, 0.15) is 0 Å². The average molecular weight is 226 g/mol. The molecule has 0 aromatic carbocycles. The maximum Gasteiger partial charge on any atom is 0.0572 e. The number of hydrogen-bond acceptors (Lipinski definition) is 3. The monoisotopic (exact) mass is 226 g/mol. The summed E-state index contributed by atoms with van der Waals surface area (Å²) in [6.07, 6.45) is 6.50. The molecular weight excluding hydrogens is 200 g/mol. The quantitative estimate of drug-likeness (QED) is 0.747. The van der Waals surface area contributed by atoms with Crippen LogP contribution < -0.4 is 11.1 Å². The Balaban J connectivity index is 1.78. The minimum Gasteiger partial charge on any atom is -0.381 e. The largest absolute Gasteiger partial charge is 0.381 e. The van der Waals surface area contributed by atoms with Crippen LogP contribution in [0.25, 0.3) is 0 Å². The molecule has 2 atom stereocenters. The van der Waals surface area contributed by atoms with Gasteiger partial charge in [-0.15, -0.1) is 0 Å². The van der Waals surface area contributed by atoms with Crippen LogP contribution in [-0.2, 0) is 4.74 Å². The molecule has 2 aliphatic carbocycles. The summed E-state index contributed by atoms with van der Waals surface area (Å²) in [5.74, 6) is 1.83. The van der Waals surface area contributed by atoms with Gasteiger partial charge < -0.3 is 15.8 Å². The Labute approximate surface area is 99.1 Å². The zero-order valence-electron chi connectivity index (χ0n) is 10.7. The number of nitrogens with one attached hydrogen (secondary N) is 1. The minimum atomic E-state index is 0.206. The minimum absolute atomic E-state index is 0.206. The van der Waals surface area contributed by atoms with Crippen LogP contribution in [-0.4, -0.2) is 31.8 Å². The smallest absolute Gasteiger partial charge is 0.0572 e. The highest BCUT2D eigenvalue weighted by atomic mass is 16.5. The first-order valence-electron chi connectivity index (χ1n) is 6.67. The van der Waals surface area contributed by atoms with Crippen molar-refractivity contribution in [2.45, 2.75) is 50.7 Å². The molecule has 16 heavy (non-hydrogen) atoms. The van der Waals surface area contributed by atoms with Gasteiger partial charge in [-0.3, -0.25) is 0 Å². The van der Waals surface area contributed by atoms with E-state index in [4.69, 9.17) is 10.5 Å². The fourth-order valence-corrected chi connectivity index (χ4v) is 2.86. The third-order valence-electron chi connectivity index (χ3n) is 4.63. The van der Waals surface area contributed by atoms with E-state index in [0.29, 0.717) is 6.10 Å². The van der Waals surface area contributed by atoms with Crippen LogP contribution in [0, 0.1) is 11.8 Å². The first kappa shape index (κ1) is 12.3. The SMILES string of the molecule is COC1CCC(CN)(NCC2CC2C)CC1. The first-order valence-corrected chi connectivity index (χ1v) is 6.67. The highest BCUT2D eigenvalue weighted by molar-refractivity contribution is 4.96. The second-order valence-corrected chi connectivity index (χ2v) is 5.77. The van der Waals surface area contributed by atoms with E-state index < -0.39 is 0 Å². The van der Waals surface area contributed by atoms with E-state index >= 15 is 0 Å². The van der Waals surface area contributed by atoms with E-state index in [1.807, 2.05) is 7.11 Å². The van der Waals surface area contributed by atoms with Crippen LogP contribution >= 0.6 is 0 Å². The molecule has 2 saturated carbocycles. The Morgan fingerprint density at radius 1 is 1.38 bits per heavy atom. The highest BCUT2D eigenvalue weighted by Crippen LogP contribution is 2.38. The molecule has 2 fully saturated rings. The standard InChI is InChI=1S/C13H26N2O/c1-10-7-11(10)8-15-13(9-14)5-3-12(16-2)4-6-13/h10-12,15H,3-9,14H2,1-2H3. The fourth-order valence-electron chi connectivity index (χ4n) is 2.86. The van der Waals surface area contributed by atoms with Crippen LogP contribution in [0.1, 0.15) is 39.0 Å². The molecule has 0 amide bonds. The predicted molar refractivity (Wildman–Crippen MR) is 66.3 cm³/mol. The molecule has 3 N–H and O–H groups in total. The average Bonchev–Trinajstić information content (AvgIpc) is 3.04. The summed E-state index contributed by atoms with van der Waals surface area (Å²) in [4.78, 5) is 0. The first-order chi connectivity index (χ1) is 7.69. The van der Waals surface area contributed by atoms with Crippen LogP contribution in [0.15, 0.2) is 0 Å². The van der Waals surface area contributed by atoms with Crippen molar-refractivity contribution in [3.05, 3.63) is 0 Å². The van der Waals surface area contributed by atoms with Crippen molar-refractivity contribution in [1.82, 2.24) is 5.32 Å². The zero-order valence-corrected chi connectivity index (χ0v) is 10.7.